The smallest absolute Gasteiger partial charge is 0.435 e. The summed E-state index contributed by atoms with van der Waals surface area (Å²) in [6.07, 6.45) is -3.40. The minimum absolute atomic E-state index is 0.124. The van der Waals surface area contributed by atoms with E-state index in [1.165, 1.54) is 20.3 Å². The van der Waals surface area contributed by atoms with Gasteiger partial charge in [-0.3, -0.25) is 14.3 Å². The molecule has 1 aromatic heterocycles. The molecule has 1 heterocycles. The Labute approximate surface area is 130 Å². The zero-order chi connectivity index (χ0) is 17.7. The van der Waals surface area contributed by atoms with Crippen LogP contribution in [0.15, 0.2) is 6.20 Å². The second-order valence-corrected chi connectivity index (χ2v) is 6.48. The molecule has 6 nitrogen and oxygen atoms in total. The summed E-state index contributed by atoms with van der Waals surface area (Å²) in [6, 6.07) is 0. The fourth-order valence-corrected chi connectivity index (χ4v) is 3.02. The third-order valence-electron chi connectivity index (χ3n) is 4.32. The van der Waals surface area contributed by atoms with Crippen LogP contribution in [0.1, 0.15) is 25.1 Å². The van der Waals surface area contributed by atoms with Gasteiger partial charge in [0.25, 0.3) is 0 Å². The van der Waals surface area contributed by atoms with Gasteiger partial charge < -0.3 is 10.0 Å². The highest BCUT2D eigenvalue weighted by molar-refractivity contribution is 5.91. The molecule has 2 rings (SSSR count). The van der Waals surface area contributed by atoms with Crippen molar-refractivity contribution in [3.63, 3.8) is 0 Å². The van der Waals surface area contributed by atoms with Crippen LogP contribution in [0, 0.1) is 17.3 Å². The molecule has 1 amide bonds. The first-order valence-electron chi connectivity index (χ1n) is 6.95. The lowest BCUT2D eigenvalue weighted by Crippen LogP contribution is -2.30. The van der Waals surface area contributed by atoms with Crippen molar-refractivity contribution in [3.8, 4) is 0 Å². The van der Waals surface area contributed by atoms with E-state index in [0.29, 0.717) is 0 Å². The molecular weight excluding hydrogens is 315 g/mol. The van der Waals surface area contributed by atoms with Gasteiger partial charge in [0.15, 0.2) is 5.69 Å². The molecule has 23 heavy (non-hydrogen) atoms. The van der Waals surface area contributed by atoms with Gasteiger partial charge in [-0.1, -0.05) is 13.8 Å². The van der Waals surface area contributed by atoms with Crippen LogP contribution >= 0.6 is 0 Å². The van der Waals surface area contributed by atoms with Crippen LogP contribution < -0.4 is 0 Å². The van der Waals surface area contributed by atoms with Crippen LogP contribution in [0.4, 0.5) is 13.2 Å². The molecule has 1 N–H and O–H groups in total. The Balaban J connectivity index is 2.16. The molecule has 1 aromatic rings. The number of amides is 1. The summed E-state index contributed by atoms with van der Waals surface area (Å²) in [4.78, 5) is 24.6. The van der Waals surface area contributed by atoms with E-state index in [-0.39, 0.29) is 12.1 Å². The molecule has 0 spiro atoms. The first-order valence-corrected chi connectivity index (χ1v) is 6.95. The van der Waals surface area contributed by atoms with Crippen LogP contribution in [0.2, 0.25) is 0 Å². The number of hydrogen-bond donors (Lipinski definition) is 1. The van der Waals surface area contributed by atoms with E-state index < -0.39 is 41.0 Å². The maximum atomic E-state index is 12.9. The van der Waals surface area contributed by atoms with Crippen molar-refractivity contribution in [3.05, 3.63) is 17.5 Å². The normalized spacial score (nSPS) is 22.7. The summed E-state index contributed by atoms with van der Waals surface area (Å²) in [5, 5.41) is 12.5. The Kier molecular flexibility index (Phi) is 3.94. The van der Waals surface area contributed by atoms with Crippen molar-refractivity contribution in [2.45, 2.75) is 26.6 Å². The van der Waals surface area contributed by atoms with Gasteiger partial charge in [-0.2, -0.15) is 18.3 Å². The Hall–Kier alpha value is -2.06. The summed E-state index contributed by atoms with van der Waals surface area (Å²) in [5.74, 6) is -3.08. The topological polar surface area (TPSA) is 75.4 Å². The van der Waals surface area contributed by atoms with E-state index in [9.17, 15) is 22.8 Å². The highest BCUT2D eigenvalue weighted by Gasteiger charge is 2.66. The number of carboxylic acid groups (broad SMARTS) is 1. The molecule has 0 bridgehead atoms. The third kappa shape index (κ3) is 3.04. The number of alkyl halides is 3. The lowest BCUT2D eigenvalue weighted by atomic mass is 10.1. The van der Waals surface area contributed by atoms with Crippen LogP contribution in [0.3, 0.4) is 0 Å². The van der Waals surface area contributed by atoms with Gasteiger partial charge in [-0.25, -0.2) is 0 Å². The van der Waals surface area contributed by atoms with Crippen molar-refractivity contribution in [1.29, 1.82) is 0 Å². The average Bonchev–Trinajstić information content (AvgIpc) is 2.74. The van der Waals surface area contributed by atoms with Crippen molar-refractivity contribution >= 4 is 11.9 Å². The number of carboxylic acids is 1. The number of rotatable bonds is 4. The molecule has 0 aliphatic heterocycles. The molecule has 2 atom stereocenters. The van der Waals surface area contributed by atoms with Crippen LogP contribution in [0.25, 0.3) is 0 Å². The Morgan fingerprint density at radius 2 is 1.96 bits per heavy atom. The lowest BCUT2D eigenvalue weighted by Gasteiger charge is -2.18. The number of aromatic nitrogens is 2. The van der Waals surface area contributed by atoms with Crippen molar-refractivity contribution in [2.24, 2.45) is 24.3 Å². The highest BCUT2D eigenvalue weighted by Crippen LogP contribution is 2.59. The monoisotopic (exact) mass is 333 g/mol. The number of carbonyl (C=O) groups excluding carboxylic acids is 1. The number of nitrogens with zero attached hydrogens (tertiary/aromatic N) is 3. The second kappa shape index (κ2) is 5.24. The molecule has 1 aliphatic rings. The maximum Gasteiger partial charge on any atom is 0.435 e. The molecule has 9 heteroatoms. The SMILES string of the molecule is CN(Cc1cn(C)nc1C(F)(F)F)C(=O)[C@@H]1[C@H](C(=O)O)C1(C)C. The van der Waals surface area contributed by atoms with Gasteiger partial charge in [0, 0.05) is 32.4 Å². The number of hydrogen-bond acceptors (Lipinski definition) is 3. The van der Waals surface area contributed by atoms with E-state index in [1.54, 1.807) is 13.8 Å². The molecule has 1 saturated carbocycles. The fraction of sp³-hybridized carbons (Fsp3) is 0.643. The molecule has 0 aromatic carbocycles. The average molecular weight is 333 g/mol. The van der Waals surface area contributed by atoms with Gasteiger partial charge in [-0.05, 0) is 5.41 Å². The molecule has 1 fully saturated rings. The van der Waals surface area contributed by atoms with Crippen molar-refractivity contribution < 1.29 is 27.9 Å². The predicted octanol–water partition coefficient (Wildman–Crippen LogP) is 1.75. The van der Waals surface area contributed by atoms with Gasteiger partial charge in [0.2, 0.25) is 5.91 Å². The molecule has 128 valence electrons. The summed E-state index contributed by atoms with van der Waals surface area (Å²) < 4.78 is 39.8. The Morgan fingerprint density at radius 3 is 2.39 bits per heavy atom. The largest absolute Gasteiger partial charge is 0.481 e. The zero-order valence-corrected chi connectivity index (χ0v) is 13.2. The van der Waals surface area contributed by atoms with Crippen molar-refractivity contribution in [1.82, 2.24) is 14.7 Å². The standard InChI is InChI=1S/C14H18F3N3O3/c1-13(2)8(9(13)12(22)23)11(21)19(3)5-7-6-20(4)18-10(7)14(15,16)17/h6,8-9H,5H2,1-4H3,(H,22,23)/t8-,9+/m0/s1. The van der Waals surface area contributed by atoms with Crippen molar-refractivity contribution in [2.75, 3.05) is 7.05 Å². The number of aliphatic carboxylic acids is 1. The highest BCUT2D eigenvalue weighted by atomic mass is 19.4. The molecule has 1 aliphatic carbocycles. The minimum Gasteiger partial charge on any atom is -0.481 e. The zero-order valence-electron chi connectivity index (χ0n) is 13.2. The Morgan fingerprint density at radius 1 is 1.39 bits per heavy atom. The van der Waals surface area contributed by atoms with E-state index in [4.69, 9.17) is 5.11 Å². The number of halogens is 3. The molecule has 0 unspecified atom stereocenters. The lowest BCUT2D eigenvalue weighted by molar-refractivity contribution is -0.143. The number of aryl methyl sites for hydroxylation is 1. The predicted molar refractivity (Wildman–Crippen MR) is 73.1 cm³/mol. The summed E-state index contributed by atoms with van der Waals surface area (Å²) in [7, 11) is 2.73. The summed E-state index contributed by atoms with van der Waals surface area (Å²) >= 11 is 0. The second-order valence-electron chi connectivity index (χ2n) is 6.48. The fourth-order valence-electron chi connectivity index (χ4n) is 3.02. The van der Waals surface area contributed by atoms with E-state index >= 15 is 0 Å². The minimum atomic E-state index is -4.61. The van der Waals surface area contributed by atoms with E-state index in [0.717, 1.165) is 9.58 Å². The third-order valence-corrected chi connectivity index (χ3v) is 4.32. The molecular formula is C14H18F3N3O3. The van der Waals surface area contributed by atoms with Crippen LogP contribution in [-0.2, 0) is 29.4 Å². The van der Waals surface area contributed by atoms with Gasteiger partial charge in [-0.15, -0.1) is 0 Å². The van der Waals surface area contributed by atoms with E-state index in [2.05, 4.69) is 5.10 Å². The van der Waals surface area contributed by atoms with Gasteiger partial charge in [0.05, 0.1) is 11.8 Å². The maximum absolute atomic E-state index is 12.9. The van der Waals surface area contributed by atoms with E-state index in [1.807, 2.05) is 0 Å². The number of carbonyl (C=O) groups is 2. The summed E-state index contributed by atoms with van der Waals surface area (Å²) in [6.45, 7) is 3.04. The molecule has 0 radical (unpaired) electrons. The molecule has 0 saturated heterocycles. The van der Waals surface area contributed by atoms with Gasteiger partial charge >= 0.3 is 12.1 Å². The Bertz CT molecular complexity index is 651. The first-order chi connectivity index (χ1) is 10.4. The van der Waals surface area contributed by atoms with Crippen LogP contribution in [0.5, 0.6) is 0 Å². The first kappa shape index (κ1) is 17.3. The quantitative estimate of drug-likeness (QED) is 0.911. The summed E-state index contributed by atoms with van der Waals surface area (Å²) in [5.41, 5.74) is -1.86. The van der Waals surface area contributed by atoms with Crippen LogP contribution in [-0.4, -0.2) is 38.7 Å². The van der Waals surface area contributed by atoms with Gasteiger partial charge in [0.1, 0.15) is 0 Å².